The minimum atomic E-state index is -0.398. The van der Waals surface area contributed by atoms with E-state index in [2.05, 4.69) is 137 Å². The summed E-state index contributed by atoms with van der Waals surface area (Å²) in [5.41, 5.74) is 7.09. The Balaban J connectivity index is 1.23. The van der Waals surface area contributed by atoms with E-state index >= 15 is 0 Å². The van der Waals surface area contributed by atoms with E-state index in [1.54, 1.807) is 0 Å². The van der Waals surface area contributed by atoms with Gasteiger partial charge in [-0.05, 0) is 58.6 Å². The summed E-state index contributed by atoms with van der Waals surface area (Å²) in [4.78, 5) is 12.7. The number of rotatable bonds is 3. The van der Waals surface area contributed by atoms with E-state index in [1.165, 1.54) is 43.5 Å². The molecule has 5 aromatic carbocycles. The Bertz CT molecular complexity index is 2500. The summed E-state index contributed by atoms with van der Waals surface area (Å²) in [5.74, 6) is 1.51. The molecule has 1 aromatic heterocycles. The Morgan fingerprint density at radius 2 is 1.50 bits per heavy atom. The number of para-hydroxylation sites is 1. The van der Waals surface area contributed by atoms with Crippen molar-refractivity contribution in [1.29, 1.82) is 0 Å². The molecule has 0 saturated carbocycles. The smallest absolute Gasteiger partial charge is 0.111 e. The summed E-state index contributed by atoms with van der Waals surface area (Å²) in [6.45, 7) is 0. The molecular formula is C43H32N5-. The van der Waals surface area contributed by atoms with Crippen LogP contribution in [0.25, 0.3) is 44.8 Å². The third-order valence-corrected chi connectivity index (χ3v) is 10.1. The van der Waals surface area contributed by atoms with Crippen LogP contribution in [0.1, 0.15) is 41.6 Å². The van der Waals surface area contributed by atoms with Gasteiger partial charge in [0.2, 0.25) is 0 Å². The van der Waals surface area contributed by atoms with E-state index in [0.29, 0.717) is 11.8 Å². The molecule has 6 aromatic rings. The Morgan fingerprint density at radius 3 is 2.33 bits per heavy atom. The molecule has 0 spiro atoms. The number of hydrogen-bond donors (Lipinski definition) is 0. The number of anilines is 1. The molecule has 230 valence electrons. The highest BCUT2D eigenvalue weighted by atomic mass is 15.4. The van der Waals surface area contributed by atoms with Gasteiger partial charge in [0.05, 0.1) is 16.7 Å². The normalized spacial score (nSPS) is 20.9. The molecule has 48 heavy (non-hydrogen) atoms. The number of benzene rings is 5. The van der Waals surface area contributed by atoms with Crippen LogP contribution >= 0.6 is 0 Å². The third kappa shape index (κ3) is 4.17. The van der Waals surface area contributed by atoms with E-state index < -0.39 is 6.17 Å². The highest BCUT2D eigenvalue weighted by Crippen LogP contribution is 2.49. The van der Waals surface area contributed by atoms with Gasteiger partial charge >= 0.3 is 0 Å². The van der Waals surface area contributed by atoms with E-state index in [1.807, 2.05) is 24.3 Å². The fraction of sp³-hybridized carbons (Fsp3) is 0.116. The van der Waals surface area contributed by atoms with Crippen LogP contribution in [0.15, 0.2) is 150 Å². The Labute approximate surface area is 278 Å². The van der Waals surface area contributed by atoms with Gasteiger partial charge < -0.3 is 19.8 Å². The monoisotopic (exact) mass is 618 g/mol. The van der Waals surface area contributed by atoms with Crippen LogP contribution in [-0.4, -0.2) is 22.4 Å². The van der Waals surface area contributed by atoms with E-state index in [0.717, 1.165) is 29.7 Å². The molecule has 5 nitrogen and oxygen atoms in total. The van der Waals surface area contributed by atoms with Gasteiger partial charge in [0.1, 0.15) is 6.17 Å². The molecule has 0 fully saturated rings. The maximum absolute atomic E-state index is 5.32. The van der Waals surface area contributed by atoms with Gasteiger partial charge in [-0.15, -0.1) is 0 Å². The molecule has 2 aliphatic carbocycles. The van der Waals surface area contributed by atoms with Crippen LogP contribution in [0.3, 0.4) is 0 Å². The average Bonchev–Trinajstić information content (AvgIpc) is 3.67. The topological polar surface area (TPSA) is 47.0 Å². The number of aromatic nitrogens is 1. The van der Waals surface area contributed by atoms with Crippen LogP contribution < -0.4 is 15.5 Å². The number of fused-ring (bicyclic) bond motifs is 8. The number of aliphatic imine (C=N–C) groups is 2. The molecule has 0 saturated heterocycles. The molecule has 10 rings (SSSR count). The second-order valence-electron chi connectivity index (χ2n) is 12.9. The Kier molecular flexibility index (Phi) is 6.13. The number of nitrogens with zero attached hydrogens (tertiary/aromatic N) is 5. The Morgan fingerprint density at radius 1 is 0.729 bits per heavy atom. The van der Waals surface area contributed by atoms with Crippen molar-refractivity contribution < 1.29 is 0 Å². The predicted octanol–water partition coefficient (Wildman–Crippen LogP) is 8.42. The minimum Gasteiger partial charge on any atom is -0.389 e. The van der Waals surface area contributed by atoms with E-state index in [-0.39, 0.29) is 12.0 Å². The first-order chi connectivity index (χ1) is 23.8. The fourth-order valence-electron chi connectivity index (χ4n) is 8.01. The largest absolute Gasteiger partial charge is 0.389 e. The number of hydrogen-bond acceptors (Lipinski definition) is 3. The van der Waals surface area contributed by atoms with Crippen molar-refractivity contribution in [1.82, 2.24) is 4.57 Å². The molecular weight excluding hydrogens is 587 g/mol. The van der Waals surface area contributed by atoms with Gasteiger partial charge in [-0.25, -0.2) is 0 Å². The summed E-state index contributed by atoms with van der Waals surface area (Å²) in [6, 6.07) is 42.8. The highest BCUT2D eigenvalue weighted by Gasteiger charge is 2.38. The molecule has 3 unspecified atom stereocenters. The van der Waals surface area contributed by atoms with Crippen molar-refractivity contribution in [3.63, 3.8) is 0 Å². The number of amidine groups is 1. The van der Waals surface area contributed by atoms with Crippen molar-refractivity contribution >= 4 is 57.0 Å². The maximum atomic E-state index is 5.32. The fourth-order valence-corrected chi connectivity index (χ4v) is 8.01. The lowest BCUT2D eigenvalue weighted by atomic mass is 9.87. The molecule has 3 atom stereocenters. The standard InChI is InChI=1S/C43H32N5/c1-4-15-29(16-5-1)41-44-42(30-17-6-2-7-18-30)46-43(45-41)48-37-25-24-28-14-10-11-21-32(28)40(37)35-26-34-33-22-12-13-23-36(33)47(38(34)27-39(35)48)31-19-8-3-9-20-31/h1-8,10-19,21-27,35,39,41H,9,20H2/q-1. The van der Waals surface area contributed by atoms with Crippen molar-refractivity contribution in [3.8, 4) is 0 Å². The lowest BCUT2D eigenvalue weighted by molar-refractivity contribution is 0.795. The van der Waals surface area contributed by atoms with E-state index in [9.17, 15) is 0 Å². The zero-order chi connectivity index (χ0) is 31.6. The highest BCUT2D eigenvalue weighted by molar-refractivity contribution is 6.19. The van der Waals surface area contributed by atoms with Crippen molar-refractivity contribution in [3.05, 3.63) is 172 Å². The van der Waals surface area contributed by atoms with Crippen LogP contribution in [0, 0.1) is 0 Å². The summed E-state index contributed by atoms with van der Waals surface area (Å²) in [6.07, 6.45) is 13.4. The lowest BCUT2D eigenvalue weighted by Gasteiger charge is -2.41. The maximum Gasteiger partial charge on any atom is 0.111 e. The van der Waals surface area contributed by atoms with Crippen molar-refractivity contribution in [2.75, 3.05) is 4.90 Å². The van der Waals surface area contributed by atoms with Crippen molar-refractivity contribution in [2.24, 2.45) is 9.98 Å². The molecule has 0 bridgehead atoms. The SMILES string of the molecule is C1=CCCC(n2c3c(c4ccccc42)=CC2c4c(ccc5ccccc45)N(C4=NC(c5ccccc5)=NC(c5ccccc5)[N-]4)C2C=3)=C1. The molecule has 0 radical (unpaired) electrons. The first kappa shape index (κ1) is 27.2. The van der Waals surface area contributed by atoms with Gasteiger partial charge in [0, 0.05) is 39.8 Å². The Hall–Kier alpha value is -5.94. The van der Waals surface area contributed by atoms with Gasteiger partial charge in [-0.3, -0.25) is 4.99 Å². The second kappa shape index (κ2) is 10.8. The molecule has 0 amide bonds. The lowest BCUT2D eigenvalue weighted by Crippen LogP contribution is -2.45. The summed E-state index contributed by atoms with van der Waals surface area (Å²) < 4.78 is 2.49. The number of allylic oxidation sites excluding steroid dienone is 4. The minimum absolute atomic E-state index is 0.0184. The van der Waals surface area contributed by atoms with Gasteiger partial charge in [0.15, 0.2) is 0 Å². The van der Waals surface area contributed by atoms with Gasteiger partial charge in [-0.1, -0.05) is 133 Å². The molecule has 3 heterocycles. The second-order valence-corrected chi connectivity index (χ2v) is 12.9. The zero-order valence-corrected chi connectivity index (χ0v) is 26.3. The molecule has 0 N–H and O–H groups in total. The van der Waals surface area contributed by atoms with Crippen LogP contribution in [-0.2, 0) is 0 Å². The summed E-state index contributed by atoms with van der Waals surface area (Å²) in [5, 5.41) is 11.7. The zero-order valence-electron chi connectivity index (χ0n) is 26.3. The van der Waals surface area contributed by atoms with Crippen LogP contribution in [0.4, 0.5) is 5.69 Å². The first-order valence-electron chi connectivity index (χ1n) is 16.8. The quantitative estimate of drug-likeness (QED) is 0.196. The third-order valence-electron chi connectivity index (χ3n) is 10.1. The predicted molar refractivity (Wildman–Crippen MR) is 199 cm³/mol. The van der Waals surface area contributed by atoms with Gasteiger partial charge in [-0.2, -0.15) is 0 Å². The van der Waals surface area contributed by atoms with Crippen molar-refractivity contribution in [2.45, 2.75) is 31.0 Å². The summed E-state index contributed by atoms with van der Waals surface area (Å²) in [7, 11) is 0. The van der Waals surface area contributed by atoms with E-state index in [4.69, 9.17) is 15.3 Å². The van der Waals surface area contributed by atoms with Gasteiger partial charge in [0.25, 0.3) is 0 Å². The van der Waals surface area contributed by atoms with Crippen LogP contribution in [0.2, 0.25) is 0 Å². The average molecular weight is 619 g/mol. The number of guanidine groups is 1. The summed E-state index contributed by atoms with van der Waals surface area (Å²) >= 11 is 0. The molecule has 5 heteroatoms. The molecule has 2 aliphatic heterocycles. The first-order valence-corrected chi connectivity index (χ1v) is 16.8. The molecule has 4 aliphatic rings. The van der Waals surface area contributed by atoms with Crippen LogP contribution in [0.5, 0.6) is 0 Å².